The number of likely N-dealkylation sites (tertiary alicyclic amines) is 1. The van der Waals surface area contributed by atoms with Crippen LogP contribution in [-0.4, -0.2) is 45.1 Å². The van der Waals surface area contributed by atoms with E-state index in [-0.39, 0.29) is 23.6 Å². The highest BCUT2D eigenvalue weighted by Crippen LogP contribution is 2.33. The summed E-state index contributed by atoms with van der Waals surface area (Å²) in [4.78, 5) is 29.5. The van der Waals surface area contributed by atoms with Crippen molar-refractivity contribution in [3.05, 3.63) is 64.5 Å². The number of pyridine rings is 1. The van der Waals surface area contributed by atoms with Crippen LogP contribution in [0.4, 0.5) is 0 Å². The van der Waals surface area contributed by atoms with Gasteiger partial charge in [-0.1, -0.05) is 29.8 Å². The number of benzene rings is 1. The molecule has 2 heterocycles. The van der Waals surface area contributed by atoms with Crippen LogP contribution >= 0.6 is 0 Å². The SMILES string of the molecule is Cc1ccc(C2(O)CCN(C(=O)c3cc(C(=O)O)cnc3C)C2)cc1. The van der Waals surface area contributed by atoms with E-state index in [2.05, 4.69) is 4.98 Å². The molecule has 25 heavy (non-hydrogen) atoms. The molecule has 6 nitrogen and oxygen atoms in total. The van der Waals surface area contributed by atoms with E-state index in [1.165, 1.54) is 12.3 Å². The maximum Gasteiger partial charge on any atom is 0.337 e. The number of carboxylic acid groups (broad SMARTS) is 1. The first-order valence-electron chi connectivity index (χ1n) is 8.09. The second-order valence-corrected chi connectivity index (χ2v) is 6.54. The van der Waals surface area contributed by atoms with Gasteiger partial charge in [0, 0.05) is 12.7 Å². The molecule has 130 valence electrons. The summed E-state index contributed by atoms with van der Waals surface area (Å²) in [5, 5.41) is 20.0. The van der Waals surface area contributed by atoms with Crippen molar-refractivity contribution in [2.24, 2.45) is 0 Å². The first kappa shape index (κ1) is 17.1. The van der Waals surface area contributed by atoms with Gasteiger partial charge in [0.15, 0.2) is 0 Å². The molecule has 2 N–H and O–H groups in total. The number of hydrogen-bond acceptors (Lipinski definition) is 4. The topological polar surface area (TPSA) is 90.7 Å². The van der Waals surface area contributed by atoms with E-state index >= 15 is 0 Å². The molecule has 0 bridgehead atoms. The highest BCUT2D eigenvalue weighted by atomic mass is 16.4. The Bertz CT molecular complexity index is 832. The van der Waals surface area contributed by atoms with Gasteiger partial charge in [-0.15, -0.1) is 0 Å². The number of aliphatic hydroxyl groups is 1. The van der Waals surface area contributed by atoms with Crippen LogP contribution in [-0.2, 0) is 5.60 Å². The molecular weight excluding hydrogens is 320 g/mol. The lowest BCUT2D eigenvalue weighted by Crippen LogP contribution is -2.35. The third-order valence-electron chi connectivity index (χ3n) is 4.69. The van der Waals surface area contributed by atoms with E-state index < -0.39 is 11.6 Å². The Hall–Kier alpha value is -2.73. The number of carboxylic acids is 1. The average Bonchev–Trinajstić information content (AvgIpc) is 2.98. The second kappa shape index (κ2) is 6.29. The summed E-state index contributed by atoms with van der Waals surface area (Å²) in [6.07, 6.45) is 1.67. The third kappa shape index (κ3) is 3.25. The van der Waals surface area contributed by atoms with Crippen molar-refractivity contribution >= 4 is 11.9 Å². The lowest BCUT2D eigenvalue weighted by molar-refractivity contribution is 0.0417. The minimum Gasteiger partial charge on any atom is -0.478 e. The van der Waals surface area contributed by atoms with Crippen LogP contribution in [0.15, 0.2) is 36.5 Å². The Labute approximate surface area is 145 Å². The van der Waals surface area contributed by atoms with E-state index in [1.807, 2.05) is 31.2 Å². The van der Waals surface area contributed by atoms with Crippen LogP contribution in [0.2, 0.25) is 0 Å². The number of nitrogens with zero attached hydrogens (tertiary/aromatic N) is 2. The monoisotopic (exact) mass is 340 g/mol. The predicted molar refractivity (Wildman–Crippen MR) is 91.5 cm³/mol. The van der Waals surface area contributed by atoms with Crippen LogP contribution < -0.4 is 0 Å². The van der Waals surface area contributed by atoms with Gasteiger partial charge in [-0.25, -0.2) is 4.79 Å². The lowest BCUT2D eigenvalue weighted by atomic mass is 9.92. The summed E-state index contributed by atoms with van der Waals surface area (Å²) in [6.45, 7) is 4.22. The van der Waals surface area contributed by atoms with Crippen LogP contribution in [0.1, 0.15) is 44.0 Å². The predicted octanol–water partition coefficient (Wildman–Crippen LogP) is 2.13. The van der Waals surface area contributed by atoms with Crippen molar-refractivity contribution in [2.75, 3.05) is 13.1 Å². The molecule has 1 atom stereocenters. The van der Waals surface area contributed by atoms with Crippen LogP contribution in [0.3, 0.4) is 0 Å². The number of aryl methyl sites for hydroxylation is 2. The maximum atomic E-state index is 12.8. The van der Waals surface area contributed by atoms with Crippen molar-refractivity contribution in [3.8, 4) is 0 Å². The van der Waals surface area contributed by atoms with Gasteiger partial charge in [-0.05, 0) is 31.9 Å². The quantitative estimate of drug-likeness (QED) is 0.893. The molecule has 1 amide bonds. The minimum absolute atomic E-state index is 0.0260. The number of rotatable bonds is 3. The fourth-order valence-electron chi connectivity index (χ4n) is 3.10. The molecule has 6 heteroatoms. The molecule has 1 aromatic heterocycles. The molecule has 0 radical (unpaired) electrons. The molecule has 3 rings (SSSR count). The number of amides is 1. The summed E-state index contributed by atoms with van der Waals surface area (Å²) < 4.78 is 0. The van der Waals surface area contributed by atoms with Gasteiger partial charge >= 0.3 is 5.97 Å². The Kier molecular flexibility index (Phi) is 4.30. The summed E-state index contributed by atoms with van der Waals surface area (Å²) in [7, 11) is 0. The number of aromatic carboxylic acids is 1. The molecule has 1 aliphatic heterocycles. The summed E-state index contributed by atoms with van der Waals surface area (Å²) in [5.74, 6) is -1.43. The molecule has 2 aromatic rings. The fraction of sp³-hybridized carbons (Fsp3) is 0.316. The van der Waals surface area contributed by atoms with E-state index in [9.17, 15) is 14.7 Å². The normalized spacial score (nSPS) is 19.9. The average molecular weight is 340 g/mol. The Morgan fingerprint density at radius 1 is 1.20 bits per heavy atom. The minimum atomic E-state index is -1.13. The zero-order valence-electron chi connectivity index (χ0n) is 14.2. The van der Waals surface area contributed by atoms with Gasteiger partial charge in [0.05, 0.1) is 23.4 Å². The van der Waals surface area contributed by atoms with Gasteiger partial charge in [0.25, 0.3) is 5.91 Å². The smallest absolute Gasteiger partial charge is 0.337 e. The van der Waals surface area contributed by atoms with E-state index in [4.69, 9.17) is 5.11 Å². The Morgan fingerprint density at radius 2 is 1.88 bits per heavy atom. The summed E-state index contributed by atoms with van der Waals surface area (Å²) in [6, 6.07) is 8.96. The summed E-state index contributed by atoms with van der Waals surface area (Å²) >= 11 is 0. The van der Waals surface area contributed by atoms with Crippen LogP contribution in [0.25, 0.3) is 0 Å². The second-order valence-electron chi connectivity index (χ2n) is 6.54. The zero-order valence-corrected chi connectivity index (χ0v) is 14.2. The number of carbonyl (C=O) groups excluding carboxylic acids is 1. The number of carbonyl (C=O) groups is 2. The molecular formula is C19H20N2O4. The first-order chi connectivity index (χ1) is 11.8. The molecule has 1 aromatic carbocycles. The first-order valence-corrected chi connectivity index (χ1v) is 8.09. The van der Waals surface area contributed by atoms with Crippen molar-refractivity contribution in [1.29, 1.82) is 0 Å². The number of hydrogen-bond donors (Lipinski definition) is 2. The molecule has 0 aliphatic carbocycles. The molecule has 0 spiro atoms. The van der Waals surface area contributed by atoms with Gasteiger partial charge < -0.3 is 15.1 Å². The lowest BCUT2D eigenvalue weighted by Gasteiger charge is -2.24. The number of β-amino-alcohol motifs (C(OH)–C–C–N with tert-alkyl or cyclic N) is 1. The molecule has 1 fully saturated rings. The van der Waals surface area contributed by atoms with Crippen LogP contribution in [0.5, 0.6) is 0 Å². The van der Waals surface area contributed by atoms with E-state index in [1.54, 1.807) is 11.8 Å². The van der Waals surface area contributed by atoms with Crippen molar-refractivity contribution in [3.63, 3.8) is 0 Å². The van der Waals surface area contributed by atoms with Crippen molar-refractivity contribution in [1.82, 2.24) is 9.88 Å². The van der Waals surface area contributed by atoms with Crippen molar-refractivity contribution in [2.45, 2.75) is 25.9 Å². The maximum absolute atomic E-state index is 12.8. The van der Waals surface area contributed by atoms with Gasteiger partial charge in [-0.2, -0.15) is 0 Å². The number of aromatic nitrogens is 1. The molecule has 1 unspecified atom stereocenters. The Morgan fingerprint density at radius 3 is 2.52 bits per heavy atom. The third-order valence-corrected chi connectivity index (χ3v) is 4.69. The van der Waals surface area contributed by atoms with E-state index in [0.29, 0.717) is 18.7 Å². The molecule has 1 saturated heterocycles. The molecule has 1 aliphatic rings. The summed E-state index contributed by atoms with van der Waals surface area (Å²) in [5.41, 5.74) is 1.50. The highest BCUT2D eigenvalue weighted by molar-refractivity contribution is 5.98. The van der Waals surface area contributed by atoms with E-state index in [0.717, 1.165) is 11.1 Å². The van der Waals surface area contributed by atoms with Gasteiger partial charge in [-0.3, -0.25) is 9.78 Å². The highest BCUT2D eigenvalue weighted by Gasteiger charge is 2.40. The van der Waals surface area contributed by atoms with Gasteiger partial charge in [0.2, 0.25) is 0 Å². The zero-order chi connectivity index (χ0) is 18.2. The molecule has 0 saturated carbocycles. The van der Waals surface area contributed by atoms with Gasteiger partial charge in [0.1, 0.15) is 5.60 Å². The largest absolute Gasteiger partial charge is 0.478 e. The van der Waals surface area contributed by atoms with Crippen LogP contribution in [0, 0.1) is 13.8 Å². The Balaban J connectivity index is 1.84. The van der Waals surface area contributed by atoms with Crippen molar-refractivity contribution < 1.29 is 19.8 Å². The fourth-order valence-corrected chi connectivity index (χ4v) is 3.10. The standard InChI is InChI=1S/C19H20N2O4/c1-12-3-5-15(6-4-12)19(25)7-8-21(11-19)17(22)16-9-14(18(23)24)10-20-13(16)2/h3-6,9-10,25H,7-8,11H2,1-2H3,(H,23,24).